The van der Waals surface area contributed by atoms with Gasteiger partial charge in [-0.3, -0.25) is 14.9 Å². The first-order chi connectivity index (χ1) is 12.5. The minimum Gasteiger partial charge on any atom is -0.497 e. The second-order valence-electron chi connectivity index (χ2n) is 5.72. The summed E-state index contributed by atoms with van der Waals surface area (Å²) in [5.41, 5.74) is 1.22. The van der Waals surface area contributed by atoms with Gasteiger partial charge >= 0.3 is 0 Å². The van der Waals surface area contributed by atoms with Crippen molar-refractivity contribution in [1.82, 2.24) is 5.32 Å². The molecule has 0 radical (unpaired) electrons. The molecular weight excluding hydrogens is 336 g/mol. The van der Waals surface area contributed by atoms with E-state index in [1.165, 1.54) is 18.2 Å². The number of hydrogen-bond acceptors (Lipinski definition) is 5. The number of amides is 1. The van der Waals surface area contributed by atoms with Gasteiger partial charge in [0, 0.05) is 24.2 Å². The highest BCUT2D eigenvalue weighted by atomic mass is 16.6. The number of hydrogen-bond donors (Lipinski definition) is 1. The number of nitro benzene ring substituents is 1. The van der Waals surface area contributed by atoms with Crippen LogP contribution in [0, 0.1) is 10.1 Å². The Kier molecular flexibility index (Phi) is 6.54. The molecule has 2 aromatic carbocycles. The zero-order valence-electron chi connectivity index (χ0n) is 15.0. The second-order valence-corrected chi connectivity index (χ2v) is 5.72. The molecule has 0 unspecified atom stereocenters. The zero-order chi connectivity index (χ0) is 19.1. The third kappa shape index (κ3) is 4.72. The van der Waals surface area contributed by atoms with Crippen LogP contribution in [0.3, 0.4) is 0 Å². The fourth-order valence-corrected chi connectivity index (χ4v) is 2.37. The molecule has 2 rings (SSSR count). The first kappa shape index (κ1) is 19.2. The van der Waals surface area contributed by atoms with Crippen molar-refractivity contribution in [2.45, 2.75) is 26.4 Å². The van der Waals surface area contributed by atoms with Crippen LogP contribution >= 0.6 is 0 Å². The largest absolute Gasteiger partial charge is 0.497 e. The molecule has 26 heavy (non-hydrogen) atoms. The van der Waals surface area contributed by atoms with Gasteiger partial charge in [-0.2, -0.15) is 0 Å². The van der Waals surface area contributed by atoms with E-state index in [1.807, 2.05) is 6.92 Å². The van der Waals surface area contributed by atoms with Crippen LogP contribution in [0.2, 0.25) is 0 Å². The van der Waals surface area contributed by atoms with Gasteiger partial charge in [-0.15, -0.1) is 0 Å². The van der Waals surface area contributed by atoms with Crippen LogP contribution < -0.4 is 14.8 Å². The van der Waals surface area contributed by atoms with E-state index in [2.05, 4.69) is 5.32 Å². The van der Waals surface area contributed by atoms with Crippen molar-refractivity contribution in [2.75, 3.05) is 13.7 Å². The van der Waals surface area contributed by atoms with E-state index in [0.717, 1.165) is 12.0 Å². The molecular formula is C19H22N2O5. The third-order valence-electron chi connectivity index (χ3n) is 3.80. The Morgan fingerprint density at radius 1 is 1.23 bits per heavy atom. The van der Waals surface area contributed by atoms with Crippen LogP contribution in [-0.4, -0.2) is 30.6 Å². The number of methoxy groups -OCH3 is 1. The first-order valence-corrected chi connectivity index (χ1v) is 8.33. The van der Waals surface area contributed by atoms with Crippen molar-refractivity contribution in [3.63, 3.8) is 0 Å². The summed E-state index contributed by atoms with van der Waals surface area (Å²) in [6, 6.07) is 11.4. The quantitative estimate of drug-likeness (QED) is 0.575. The van der Waals surface area contributed by atoms with E-state index in [-0.39, 0.29) is 11.6 Å². The average Bonchev–Trinajstić information content (AvgIpc) is 2.66. The van der Waals surface area contributed by atoms with Gasteiger partial charge in [0.25, 0.3) is 11.6 Å². The monoisotopic (exact) mass is 358 g/mol. The maximum atomic E-state index is 12.1. The van der Waals surface area contributed by atoms with Crippen LogP contribution in [0.5, 0.6) is 11.5 Å². The van der Waals surface area contributed by atoms with Gasteiger partial charge in [0.15, 0.2) is 6.10 Å². The minimum absolute atomic E-state index is 0.0498. The lowest BCUT2D eigenvalue weighted by Gasteiger charge is -2.17. The number of nitrogens with zero attached hydrogens (tertiary/aromatic N) is 1. The van der Waals surface area contributed by atoms with E-state index in [1.54, 1.807) is 38.3 Å². The van der Waals surface area contributed by atoms with Crippen LogP contribution in [0.1, 0.15) is 20.3 Å². The molecule has 0 fully saturated rings. The summed E-state index contributed by atoms with van der Waals surface area (Å²) < 4.78 is 10.9. The van der Waals surface area contributed by atoms with Crippen molar-refractivity contribution < 1.29 is 19.2 Å². The van der Waals surface area contributed by atoms with Gasteiger partial charge in [-0.05, 0) is 37.1 Å². The van der Waals surface area contributed by atoms with Crippen LogP contribution in [-0.2, 0) is 4.79 Å². The average molecular weight is 358 g/mol. The van der Waals surface area contributed by atoms with E-state index in [0.29, 0.717) is 23.6 Å². The Morgan fingerprint density at radius 3 is 2.50 bits per heavy atom. The number of non-ortho nitro benzene ring substituents is 1. The van der Waals surface area contributed by atoms with Gasteiger partial charge in [0.1, 0.15) is 11.5 Å². The molecule has 2 aromatic rings. The summed E-state index contributed by atoms with van der Waals surface area (Å²) in [6.07, 6.45) is 0.104. The third-order valence-corrected chi connectivity index (χ3v) is 3.80. The van der Waals surface area contributed by atoms with Crippen LogP contribution in [0.25, 0.3) is 11.1 Å². The second kappa shape index (κ2) is 8.84. The highest BCUT2D eigenvalue weighted by Crippen LogP contribution is 2.34. The Balaban J connectivity index is 2.35. The highest BCUT2D eigenvalue weighted by molar-refractivity contribution is 5.81. The number of rotatable bonds is 8. The Morgan fingerprint density at radius 2 is 1.92 bits per heavy atom. The number of nitro groups is 1. The zero-order valence-corrected chi connectivity index (χ0v) is 15.0. The topological polar surface area (TPSA) is 90.7 Å². The summed E-state index contributed by atoms with van der Waals surface area (Å²) in [4.78, 5) is 22.7. The van der Waals surface area contributed by atoms with Gasteiger partial charge in [0.05, 0.1) is 12.0 Å². The normalized spacial score (nSPS) is 11.5. The molecule has 0 saturated carbocycles. The van der Waals surface area contributed by atoms with Crippen LogP contribution in [0.4, 0.5) is 5.69 Å². The fraction of sp³-hybridized carbons (Fsp3) is 0.316. The molecule has 7 heteroatoms. The molecule has 0 bridgehead atoms. The standard InChI is InChI=1S/C19H22N2O5/c1-4-11-20-19(22)13(2)26-18-10-7-15(21(23)24)12-17(18)14-5-8-16(25-3)9-6-14/h5-10,12-13H,4,11H2,1-3H3,(H,20,22)/t13-/m1/s1. The van der Waals surface area contributed by atoms with Crippen LogP contribution in [0.15, 0.2) is 42.5 Å². The SMILES string of the molecule is CCCNC(=O)[C@@H](C)Oc1ccc([N+](=O)[O-])cc1-c1ccc(OC)cc1. The van der Waals surface area contributed by atoms with E-state index in [4.69, 9.17) is 9.47 Å². The Labute approximate surface area is 152 Å². The molecule has 1 amide bonds. The molecule has 0 aliphatic heterocycles. The van der Waals surface area contributed by atoms with E-state index in [9.17, 15) is 14.9 Å². The van der Waals surface area contributed by atoms with Gasteiger partial charge in [-0.25, -0.2) is 0 Å². The smallest absolute Gasteiger partial charge is 0.270 e. The minimum atomic E-state index is -0.722. The Hall–Kier alpha value is -3.09. The molecule has 1 atom stereocenters. The summed E-state index contributed by atoms with van der Waals surface area (Å²) in [7, 11) is 1.56. The number of ether oxygens (including phenoxy) is 2. The van der Waals surface area contributed by atoms with Gasteiger partial charge in [0.2, 0.25) is 0 Å². The van der Waals surface area contributed by atoms with Gasteiger partial charge < -0.3 is 14.8 Å². The molecule has 0 aliphatic carbocycles. The van der Waals surface area contributed by atoms with Crippen molar-refractivity contribution >= 4 is 11.6 Å². The lowest BCUT2D eigenvalue weighted by molar-refractivity contribution is -0.384. The van der Waals surface area contributed by atoms with Crippen molar-refractivity contribution in [1.29, 1.82) is 0 Å². The van der Waals surface area contributed by atoms with E-state index < -0.39 is 11.0 Å². The Bertz CT molecular complexity index is 774. The summed E-state index contributed by atoms with van der Waals surface area (Å²) >= 11 is 0. The molecule has 138 valence electrons. The predicted octanol–water partition coefficient (Wildman–Crippen LogP) is 3.56. The molecule has 1 N–H and O–H groups in total. The number of carbonyl (C=O) groups is 1. The molecule has 0 spiro atoms. The molecule has 0 aromatic heterocycles. The molecule has 7 nitrogen and oxygen atoms in total. The molecule has 0 saturated heterocycles. The highest BCUT2D eigenvalue weighted by Gasteiger charge is 2.19. The summed E-state index contributed by atoms with van der Waals surface area (Å²) in [6.45, 7) is 4.17. The lowest BCUT2D eigenvalue weighted by Crippen LogP contribution is -2.36. The lowest BCUT2D eigenvalue weighted by atomic mass is 10.0. The molecule has 0 aliphatic rings. The van der Waals surface area contributed by atoms with Crippen molar-refractivity contribution in [3.8, 4) is 22.6 Å². The van der Waals surface area contributed by atoms with Gasteiger partial charge in [-0.1, -0.05) is 19.1 Å². The first-order valence-electron chi connectivity index (χ1n) is 8.33. The maximum absolute atomic E-state index is 12.1. The fourth-order valence-electron chi connectivity index (χ4n) is 2.37. The summed E-state index contributed by atoms with van der Waals surface area (Å²) in [5.74, 6) is 0.847. The number of carbonyl (C=O) groups excluding carboxylic acids is 1. The van der Waals surface area contributed by atoms with E-state index >= 15 is 0 Å². The van der Waals surface area contributed by atoms with Crippen molar-refractivity contribution in [2.24, 2.45) is 0 Å². The predicted molar refractivity (Wildman–Crippen MR) is 98.5 cm³/mol. The summed E-state index contributed by atoms with van der Waals surface area (Å²) in [5, 5.41) is 13.9. The van der Waals surface area contributed by atoms with Crippen molar-refractivity contribution in [3.05, 3.63) is 52.6 Å². The maximum Gasteiger partial charge on any atom is 0.270 e. The number of nitrogens with one attached hydrogen (secondary N) is 1. The number of benzene rings is 2. The molecule has 0 heterocycles.